The molecule has 132 valence electrons. The molecular formula is C20H17BF2O2S. The number of thiophene rings is 1. The lowest BCUT2D eigenvalue weighted by Gasteiger charge is -2.26. The fourth-order valence-electron chi connectivity index (χ4n) is 3.09. The van der Waals surface area contributed by atoms with Crippen LogP contribution >= 0.6 is 11.3 Å². The number of carbonyl (C=O) groups is 1. The normalized spacial score (nSPS) is 17.3. The quantitative estimate of drug-likeness (QED) is 0.614. The van der Waals surface area contributed by atoms with Crippen LogP contribution in [0.15, 0.2) is 76.9 Å². The van der Waals surface area contributed by atoms with Gasteiger partial charge in [0.05, 0.1) is 0 Å². The molecular weight excluding hydrogens is 353 g/mol. The van der Waals surface area contributed by atoms with Gasteiger partial charge in [-0.1, -0.05) is 42.5 Å². The average molecular weight is 370 g/mol. The van der Waals surface area contributed by atoms with Crippen molar-refractivity contribution in [1.82, 2.24) is 0 Å². The summed E-state index contributed by atoms with van der Waals surface area (Å²) in [6.45, 7) is 1.39. The van der Waals surface area contributed by atoms with Gasteiger partial charge >= 0.3 is 7.47 Å². The van der Waals surface area contributed by atoms with Crippen LogP contribution < -0.4 is 0 Å². The number of Topliss-reactive ketones (excluding diaryl/α,β-unsaturated/α-hetero) is 1. The first kappa shape index (κ1) is 18.3. The zero-order valence-electron chi connectivity index (χ0n) is 14.2. The summed E-state index contributed by atoms with van der Waals surface area (Å²) in [6.07, 6.45) is 5.94. The second kappa shape index (κ2) is 8.28. The van der Waals surface area contributed by atoms with Crippen molar-refractivity contribution < 1.29 is 18.1 Å². The zero-order valence-corrected chi connectivity index (χ0v) is 15.0. The van der Waals surface area contributed by atoms with Crippen molar-refractivity contribution in [2.24, 2.45) is 0 Å². The monoisotopic (exact) mass is 370 g/mol. The van der Waals surface area contributed by atoms with Gasteiger partial charge in [-0.25, -0.2) is 8.63 Å². The Bertz CT molecular complexity index is 855. The van der Waals surface area contributed by atoms with Gasteiger partial charge in [0.1, 0.15) is 5.76 Å². The molecule has 1 heterocycles. The second-order valence-electron chi connectivity index (χ2n) is 5.95. The molecule has 2 nitrogen and oxygen atoms in total. The summed E-state index contributed by atoms with van der Waals surface area (Å²) in [7, 11) is -2.98. The highest BCUT2D eigenvalue weighted by molar-refractivity contribution is 7.10. The van der Waals surface area contributed by atoms with Crippen molar-refractivity contribution in [3.63, 3.8) is 0 Å². The van der Waals surface area contributed by atoms with Gasteiger partial charge in [0.2, 0.25) is 0 Å². The van der Waals surface area contributed by atoms with Crippen molar-refractivity contribution in [3.05, 3.63) is 87.3 Å². The van der Waals surface area contributed by atoms with Crippen LogP contribution in [0.3, 0.4) is 0 Å². The third kappa shape index (κ3) is 4.38. The largest absolute Gasteiger partial charge is 0.796 e. The van der Waals surface area contributed by atoms with Crippen LogP contribution in [0.25, 0.3) is 6.08 Å². The van der Waals surface area contributed by atoms with E-state index in [2.05, 4.69) is 0 Å². The third-order valence-corrected chi connectivity index (χ3v) is 5.01. The maximum Gasteiger partial charge on any atom is 0.796 e. The fraction of sp³-hybridized carbons (Fsp3) is 0.150. The number of halogens is 2. The first-order valence-electron chi connectivity index (χ1n) is 8.21. The molecule has 1 aliphatic carbocycles. The molecule has 1 aromatic carbocycles. The Morgan fingerprint density at radius 1 is 1.19 bits per heavy atom. The molecule has 1 unspecified atom stereocenters. The van der Waals surface area contributed by atoms with Gasteiger partial charge in [-0.15, -0.1) is 11.3 Å². The van der Waals surface area contributed by atoms with E-state index in [9.17, 15) is 13.4 Å². The van der Waals surface area contributed by atoms with E-state index in [1.807, 2.05) is 60.0 Å². The van der Waals surface area contributed by atoms with E-state index in [0.29, 0.717) is 12.0 Å². The maximum atomic E-state index is 12.9. The number of rotatable bonds is 6. The molecule has 0 spiro atoms. The number of hydrogen-bond acceptors (Lipinski definition) is 3. The van der Waals surface area contributed by atoms with Crippen LogP contribution in [0.4, 0.5) is 8.63 Å². The summed E-state index contributed by atoms with van der Waals surface area (Å²) in [4.78, 5) is 13.3. The van der Waals surface area contributed by atoms with E-state index in [0.717, 1.165) is 16.0 Å². The van der Waals surface area contributed by atoms with Gasteiger partial charge in [-0.3, -0.25) is 4.79 Å². The van der Waals surface area contributed by atoms with E-state index in [4.69, 9.17) is 4.65 Å². The summed E-state index contributed by atoms with van der Waals surface area (Å²) in [5, 5.41) is 1.97. The minimum Gasteiger partial charge on any atom is -0.505 e. The maximum absolute atomic E-state index is 12.9. The van der Waals surface area contributed by atoms with Crippen molar-refractivity contribution in [2.75, 3.05) is 0 Å². The Kier molecular flexibility index (Phi) is 5.83. The van der Waals surface area contributed by atoms with Gasteiger partial charge in [0.15, 0.2) is 5.78 Å². The molecule has 0 amide bonds. The number of allylic oxidation sites excluding steroid dienone is 4. The Labute approximate surface area is 155 Å². The molecule has 2 aromatic rings. The lowest BCUT2D eigenvalue weighted by Crippen LogP contribution is -2.19. The minimum absolute atomic E-state index is 0.0431. The van der Waals surface area contributed by atoms with Gasteiger partial charge in [0, 0.05) is 16.4 Å². The Morgan fingerprint density at radius 2 is 1.96 bits per heavy atom. The third-order valence-electron chi connectivity index (χ3n) is 4.17. The van der Waals surface area contributed by atoms with Gasteiger partial charge in [-0.05, 0) is 48.1 Å². The van der Waals surface area contributed by atoms with Gasteiger partial charge in [0.25, 0.3) is 0 Å². The van der Waals surface area contributed by atoms with Crippen LogP contribution in [-0.2, 0) is 9.45 Å². The molecule has 6 heteroatoms. The SMILES string of the molecule is CC(=O)C1=C(OB(F)F)C=C(/C=C\c2cccs2)CC1c1ccccc1. The predicted molar refractivity (Wildman–Crippen MR) is 102 cm³/mol. The van der Waals surface area contributed by atoms with Crippen molar-refractivity contribution >= 4 is 30.7 Å². The van der Waals surface area contributed by atoms with Gasteiger partial charge in [-0.2, -0.15) is 0 Å². The second-order valence-corrected chi connectivity index (χ2v) is 6.93. The van der Waals surface area contributed by atoms with Crippen LogP contribution in [0.1, 0.15) is 29.7 Å². The van der Waals surface area contributed by atoms with Crippen molar-refractivity contribution in [2.45, 2.75) is 19.3 Å². The van der Waals surface area contributed by atoms with E-state index in [-0.39, 0.29) is 17.5 Å². The lowest BCUT2D eigenvalue weighted by molar-refractivity contribution is -0.114. The van der Waals surface area contributed by atoms with Crippen LogP contribution in [0.2, 0.25) is 0 Å². The van der Waals surface area contributed by atoms with Crippen molar-refractivity contribution in [1.29, 1.82) is 0 Å². The fourth-order valence-corrected chi connectivity index (χ4v) is 3.71. The summed E-state index contributed by atoms with van der Waals surface area (Å²) in [5.74, 6) is -0.610. The standard InChI is InChI=1S/C20H17BF2O2S/c1-14(24)20-18(16-6-3-2-4-7-16)12-15(13-19(20)25-21(22)23)9-10-17-8-5-11-26-17/h2-11,13,18H,12H2,1H3/b10-9-. The molecule has 0 saturated carbocycles. The average Bonchev–Trinajstić information content (AvgIpc) is 3.13. The Hall–Kier alpha value is -2.47. The summed E-state index contributed by atoms with van der Waals surface area (Å²) >= 11 is 1.59. The molecule has 0 radical (unpaired) electrons. The molecule has 0 aliphatic heterocycles. The predicted octanol–water partition coefficient (Wildman–Crippen LogP) is 5.66. The molecule has 1 aromatic heterocycles. The van der Waals surface area contributed by atoms with E-state index >= 15 is 0 Å². The highest BCUT2D eigenvalue weighted by atomic mass is 32.1. The smallest absolute Gasteiger partial charge is 0.505 e. The van der Waals surface area contributed by atoms with Gasteiger partial charge < -0.3 is 4.65 Å². The zero-order chi connectivity index (χ0) is 18.5. The van der Waals surface area contributed by atoms with Crippen LogP contribution in [0, 0.1) is 0 Å². The Balaban J connectivity index is 2.03. The van der Waals surface area contributed by atoms with Crippen molar-refractivity contribution in [3.8, 4) is 0 Å². The molecule has 0 bridgehead atoms. The summed E-state index contributed by atoms with van der Waals surface area (Å²) in [6, 6.07) is 13.4. The van der Waals surface area contributed by atoms with E-state index in [1.165, 1.54) is 6.92 Å². The summed E-state index contributed by atoms with van der Waals surface area (Å²) < 4.78 is 30.5. The Morgan fingerprint density at radius 3 is 2.58 bits per heavy atom. The highest BCUT2D eigenvalue weighted by Crippen LogP contribution is 2.39. The number of carbonyl (C=O) groups excluding carboxylic acids is 1. The van der Waals surface area contributed by atoms with Crippen LogP contribution in [0.5, 0.6) is 0 Å². The first-order chi connectivity index (χ1) is 12.5. The molecule has 1 atom stereocenters. The number of ketones is 1. The molecule has 0 saturated heterocycles. The molecule has 1 aliphatic rings. The minimum atomic E-state index is -2.98. The van der Waals surface area contributed by atoms with Crippen LogP contribution in [-0.4, -0.2) is 13.3 Å². The number of benzene rings is 1. The number of hydrogen-bond donors (Lipinski definition) is 0. The highest BCUT2D eigenvalue weighted by Gasteiger charge is 2.31. The topological polar surface area (TPSA) is 26.3 Å². The lowest BCUT2D eigenvalue weighted by atomic mass is 9.79. The van der Waals surface area contributed by atoms with E-state index in [1.54, 1.807) is 17.4 Å². The molecule has 0 fully saturated rings. The first-order valence-corrected chi connectivity index (χ1v) is 9.09. The van der Waals surface area contributed by atoms with E-state index < -0.39 is 7.47 Å². The molecule has 3 rings (SSSR count). The molecule has 26 heavy (non-hydrogen) atoms. The summed E-state index contributed by atoms with van der Waals surface area (Å²) in [5.41, 5.74) is 2.04. The molecule has 0 N–H and O–H groups in total.